The van der Waals surface area contributed by atoms with Crippen LogP contribution >= 0.6 is 0 Å². The van der Waals surface area contributed by atoms with Gasteiger partial charge in [-0.2, -0.15) is 0 Å². The van der Waals surface area contributed by atoms with Gasteiger partial charge in [-0.3, -0.25) is 9.59 Å². The summed E-state index contributed by atoms with van der Waals surface area (Å²) in [5.74, 6) is -0.516. The molecular weight excluding hydrogens is 330 g/mol. The summed E-state index contributed by atoms with van der Waals surface area (Å²) in [5.41, 5.74) is 2.14. The lowest BCUT2D eigenvalue weighted by atomic mass is 10.1. The van der Waals surface area contributed by atoms with E-state index in [4.69, 9.17) is 4.74 Å². The average molecular weight is 366 g/mol. The largest absolute Gasteiger partial charge is 0.461 e. The van der Waals surface area contributed by atoms with Crippen LogP contribution in [-0.4, -0.2) is 50.5 Å². The van der Waals surface area contributed by atoms with E-state index in [1.54, 1.807) is 0 Å². The predicted octanol–water partition coefficient (Wildman–Crippen LogP) is 3.28. The van der Waals surface area contributed by atoms with Gasteiger partial charge < -0.3 is 20.3 Å². The summed E-state index contributed by atoms with van der Waals surface area (Å²) >= 11 is 0. The van der Waals surface area contributed by atoms with Gasteiger partial charge in [0.1, 0.15) is 6.61 Å². The van der Waals surface area contributed by atoms with Crippen LogP contribution in [0, 0.1) is 0 Å². The van der Waals surface area contributed by atoms with Gasteiger partial charge >= 0.3 is 5.97 Å². The number of nitrogens with one attached hydrogen (secondary N) is 2. The Hall–Kier alpha value is -2.08. The molecule has 1 aromatic rings. The molecule has 0 bridgehead atoms. The third kappa shape index (κ3) is 10.0. The minimum Gasteiger partial charge on any atom is -0.461 e. The number of nitrogens with zero attached hydrogens (tertiary/aromatic N) is 1. The van der Waals surface area contributed by atoms with Crippen molar-refractivity contribution >= 4 is 17.6 Å². The zero-order valence-corrected chi connectivity index (χ0v) is 17.1. The highest BCUT2D eigenvalue weighted by atomic mass is 16.5. The summed E-state index contributed by atoms with van der Waals surface area (Å²) in [4.78, 5) is 25.5. The van der Waals surface area contributed by atoms with Crippen LogP contribution in [-0.2, 0) is 16.1 Å². The van der Waals surface area contributed by atoms with E-state index in [0.717, 1.165) is 31.6 Å². The van der Waals surface area contributed by atoms with Gasteiger partial charge in [0.25, 0.3) is 5.91 Å². The van der Waals surface area contributed by atoms with E-state index in [-0.39, 0.29) is 18.5 Å². The van der Waals surface area contributed by atoms with Crippen LogP contribution in [0.1, 0.15) is 56.5 Å². The Morgan fingerprint density at radius 3 is 2.42 bits per heavy atom. The van der Waals surface area contributed by atoms with Crippen LogP contribution in [0.15, 0.2) is 18.2 Å². The standard InChI is InChI=1S/C18H29N3O3.C2H6/c1-5-6-9-19-16-8-7-15(13-24-14(2)22)17(12-16)18(23)20-10-11-21(3)4;1-2/h7-8,12,19H,5-6,9-11,13H2,1-4H3,(H,20,23);1-2H3. The molecule has 0 spiro atoms. The second-order valence-corrected chi connectivity index (χ2v) is 5.99. The summed E-state index contributed by atoms with van der Waals surface area (Å²) < 4.78 is 5.05. The number of rotatable bonds is 10. The molecular formula is C20H35N3O3. The topological polar surface area (TPSA) is 70.7 Å². The molecule has 0 unspecified atom stereocenters. The Morgan fingerprint density at radius 2 is 1.85 bits per heavy atom. The number of unbranched alkanes of at least 4 members (excludes halogenated alkanes) is 1. The lowest BCUT2D eigenvalue weighted by Gasteiger charge is -2.14. The first-order valence-corrected chi connectivity index (χ1v) is 9.37. The fraction of sp³-hybridized carbons (Fsp3) is 0.600. The van der Waals surface area contributed by atoms with E-state index in [9.17, 15) is 9.59 Å². The number of esters is 1. The van der Waals surface area contributed by atoms with Crippen molar-refractivity contribution in [1.82, 2.24) is 10.2 Å². The Labute approximate surface area is 158 Å². The van der Waals surface area contributed by atoms with Gasteiger partial charge in [-0.25, -0.2) is 0 Å². The molecule has 1 aromatic carbocycles. The third-order valence-electron chi connectivity index (χ3n) is 3.49. The fourth-order valence-electron chi connectivity index (χ4n) is 2.10. The molecule has 26 heavy (non-hydrogen) atoms. The van der Waals surface area contributed by atoms with Gasteiger partial charge in [0.15, 0.2) is 0 Å². The molecule has 0 aromatic heterocycles. The van der Waals surface area contributed by atoms with E-state index in [1.165, 1.54) is 6.92 Å². The number of anilines is 1. The molecule has 0 aliphatic rings. The first kappa shape index (κ1) is 23.9. The molecule has 0 heterocycles. The van der Waals surface area contributed by atoms with Crippen molar-refractivity contribution in [3.8, 4) is 0 Å². The summed E-state index contributed by atoms with van der Waals surface area (Å²) in [5, 5.41) is 6.22. The number of hydrogen-bond acceptors (Lipinski definition) is 5. The first-order valence-electron chi connectivity index (χ1n) is 9.37. The average Bonchev–Trinajstić information content (AvgIpc) is 2.62. The second kappa shape index (κ2) is 14.1. The summed E-state index contributed by atoms with van der Waals surface area (Å²) in [6, 6.07) is 5.56. The molecule has 1 rings (SSSR count). The Morgan fingerprint density at radius 1 is 1.15 bits per heavy atom. The molecule has 0 atom stereocenters. The quantitative estimate of drug-likeness (QED) is 0.492. The number of ether oxygens (including phenoxy) is 1. The number of hydrogen-bond donors (Lipinski definition) is 2. The number of benzene rings is 1. The lowest BCUT2D eigenvalue weighted by molar-refractivity contribution is -0.142. The number of likely N-dealkylation sites (N-methyl/N-ethyl adjacent to an activating group) is 1. The second-order valence-electron chi connectivity index (χ2n) is 5.99. The zero-order chi connectivity index (χ0) is 19.9. The van der Waals surface area contributed by atoms with Crippen molar-refractivity contribution in [2.75, 3.05) is 39.0 Å². The van der Waals surface area contributed by atoms with Crippen molar-refractivity contribution in [1.29, 1.82) is 0 Å². The van der Waals surface area contributed by atoms with Gasteiger partial charge in [-0.15, -0.1) is 0 Å². The molecule has 0 aliphatic carbocycles. The Kier molecular flexibility index (Phi) is 13.0. The van der Waals surface area contributed by atoms with Crippen LogP contribution in [0.4, 0.5) is 5.69 Å². The maximum Gasteiger partial charge on any atom is 0.302 e. The van der Waals surface area contributed by atoms with Crippen LogP contribution < -0.4 is 10.6 Å². The zero-order valence-electron chi connectivity index (χ0n) is 17.1. The maximum atomic E-state index is 12.5. The number of carbonyl (C=O) groups is 2. The van der Waals surface area contributed by atoms with Crippen molar-refractivity contribution in [2.24, 2.45) is 0 Å². The molecule has 0 saturated heterocycles. The molecule has 0 radical (unpaired) electrons. The maximum absolute atomic E-state index is 12.5. The molecule has 0 aliphatic heterocycles. The molecule has 0 fully saturated rings. The molecule has 6 heteroatoms. The fourth-order valence-corrected chi connectivity index (χ4v) is 2.10. The smallest absolute Gasteiger partial charge is 0.302 e. The molecule has 0 saturated carbocycles. The van der Waals surface area contributed by atoms with Gasteiger partial charge in [-0.1, -0.05) is 33.3 Å². The van der Waals surface area contributed by atoms with E-state index in [1.807, 2.05) is 51.0 Å². The van der Waals surface area contributed by atoms with Crippen LogP contribution in [0.5, 0.6) is 0 Å². The van der Waals surface area contributed by atoms with Gasteiger partial charge in [-0.05, 0) is 32.6 Å². The Balaban J connectivity index is 0.00000301. The SMILES string of the molecule is CC.CCCCNc1ccc(COC(C)=O)c(C(=O)NCCN(C)C)c1. The van der Waals surface area contributed by atoms with E-state index < -0.39 is 0 Å². The number of carbonyl (C=O) groups excluding carboxylic acids is 2. The molecule has 1 amide bonds. The normalized spacial score (nSPS) is 9.96. The van der Waals surface area contributed by atoms with Crippen LogP contribution in [0.25, 0.3) is 0 Å². The summed E-state index contributed by atoms with van der Waals surface area (Å²) in [7, 11) is 3.91. The van der Waals surface area contributed by atoms with Crippen LogP contribution in [0.2, 0.25) is 0 Å². The highest BCUT2D eigenvalue weighted by Crippen LogP contribution is 2.17. The predicted molar refractivity (Wildman–Crippen MR) is 108 cm³/mol. The summed E-state index contributed by atoms with van der Waals surface area (Å²) in [6.07, 6.45) is 2.18. The highest BCUT2D eigenvalue weighted by molar-refractivity contribution is 5.96. The minimum absolute atomic E-state index is 0.0982. The third-order valence-corrected chi connectivity index (χ3v) is 3.49. The van der Waals surface area contributed by atoms with Gasteiger partial charge in [0.2, 0.25) is 0 Å². The van der Waals surface area contributed by atoms with Crippen LogP contribution in [0.3, 0.4) is 0 Å². The lowest BCUT2D eigenvalue weighted by Crippen LogP contribution is -2.32. The van der Waals surface area contributed by atoms with Crippen molar-refractivity contribution in [2.45, 2.75) is 47.1 Å². The highest BCUT2D eigenvalue weighted by Gasteiger charge is 2.13. The van der Waals surface area contributed by atoms with Gasteiger partial charge in [0, 0.05) is 43.4 Å². The van der Waals surface area contributed by atoms with Crippen molar-refractivity contribution < 1.29 is 14.3 Å². The van der Waals surface area contributed by atoms with E-state index in [2.05, 4.69) is 17.6 Å². The van der Waals surface area contributed by atoms with Crippen molar-refractivity contribution in [3.63, 3.8) is 0 Å². The minimum atomic E-state index is -0.362. The van der Waals surface area contributed by atoms with E-state index in [0.29, 0.717) is 17.7 Å². The number of amides is 1. The van der Waals surface area contributed by atoms with E-state index >= 15 is 0 Å². The molecule has 148 valence electrons. The Bertz CT molecular complexity index is 545. The van der Waals surface area contributed by atoms with Gasteiger partial charge in [0.05, 0.1) is 0 Å². The monoisotopic (exact) mass is 365 g/mol. The molecule has 2 N–H and O–H groups in total. The first-order chi connectivity index (χ1) is 12.4. The van der Waals surface area contributed by atoms with Crippen molar-refractivity contribution in [3.05, 3.63) is 29.3 Å². The summed E-state index contributed by atoms with van der Waals surface area (Å²) in [6.45, 7) is 9.78. The molecule has 6 nitrogen and oxygen atoms in total.